The van der Waals surface area contributed by atoms with Crippen molar-refractivity contribution in [3.63, 3.8) is 0 Å². The summed E-state index contributed by atoms with van der Waals surface area (Å²) in [6.07, 6.45) is 2.98. The molecule has 0 aromatic heterocycles. The van der Waals surface area contributed by atoms with Crippen LogP contribution in [-0.4, -0.2) is 42.2 Å². The maximum atomic E-state index is 12.7. The van der Waals surface area contributed by atoms with E-state index in [1.165, 1.54) is 18.2 Å². The number of hydrogen-bond donors (Lipinski definition) is 1. The van der Waals surface area contributed by atoms with Crippen LogP contribution in [0, 0.1) is 5.82 Å². The SMILES string of the molecule is O=C(/C=C/c1ccc(F)cc1)NC(=S)N1CCOCC1. The molecule has 0 bridgehead atoms. The highest BCUT2D eigenvalue weighted by Gasteiger charge is 2.14. The number of carbonyl (C=O) groups is 1. The van der Waals surface area contributed by atoms with Crippen molar-refractivity contribution in [2.75, 3.05) is 26.3 Å². The number of morpholine rings is 1. The average Bonchev–Trinajstić information content (AvgIpc) is 2.47. The zero-order valence-electron chi connectivity index (χ0n) is 10.8. The topological polar surface area (TPSA) is 41.6 Å². The molecule has 1 heterocycles. The normalized spacial score (nSPS) is 15.3. The van der Waals surface area contributed by atoms with Crippen molar-refractivity contribution in [2.24, 2.45) is 0 Å². The molecule has 4 nitrogen and oxygen atoms in total. The Balaban J connectivity index is 1.85. The Hall–Kier alpha value is -1.79. The second-order valence-electron chi connectivity index (χ2n) is 4.28. The monoisotopic (exact) mass is 294 g/mol. The first-order chi connectivity index (χ1) is 9.65. The number of carbonyl (C=O) groups excluding carboxylic acids is 1. The number of rotatable bonds is 2. The predicted molar refractivity (Wildman–Crippen MR) is 78.6 cm³/mol. The Labute approximate surface area is 122 Å². The molecule has 1 saturated heterocycles. The molecule has 0 unspecified atom stereocenters. The Kier molecular flexibility index (Phi) is 5.20. The van der Waals surface area contributed by atoms with Crippen LogP contribution in [0.4, 0.5) is 4.39 Å². The van der Waals surface area contributed by atoms with E-state index >= 15 is 0 Å². The third kappa shape index (κ3) is 4.40. The molecule has 0 atom stereocenters. The molecule has 1 aliphatic rings. The summed E-state index contributed by atoms with van der Waals surface area (Å²) in [4.78, 5) is 13.6. The Morgan fingerprint density at radius 3 is 2.60 bits per heavy atom. The molecule has 0 saturated carbocycles. The minimum atomic E-state index is -0.305. The van der Waals surface area contributed by atoms with E-state index in [-0.39, 0.29) is 11.7 Å². The Morgan fingerprint density at radius 2 is 1.95 bits per heavy atom. The van der Waals surface area contributed by atoms with Crippen molar-refractivity contribution in [3.05, 3.63) is 41.7 Å². The number of nitrogens with one attached hydrogen (secondary N) is 1. The Bertz CT molecular complexity index is 510. The van der Waals surface area contributed by atoms with Crippen molar-refractivity contribution in [2.45, 2.75) is 0 Å². The average molecular weight is 294 g/mol. The van der Waals surface area contributed by atoms with Crippen LogP contribution in [-0.2, 0) is 9.53 Å². The number of halogens is 1. The second-order valence-corrected chi connectivity index (χ2v) is 4.67. The number of nitrogens with zero attached hydrogens (tertiary/aromatic N) is 1. The summed E-state index contributed by atoms with van der Waals surface area (Å²) < 4.78 is 17.9. The molecule has 0 radical (unpaired) electrons. The highest BCUT2D eigenvalue weighted by molar-refractivity contribution is 7.80. The van der Waals surface area contributed by atoms with Crippen LogP contribution in [0.15, 0.2) is 30.3 Å². The van der Waals surface area contributed by atoms with Gasteiger partial charge in [0.05, 0.1) is 13.2 Å². The number of thiocarbonyl (C=S) groups is 1. The van der Waals surface area contributed by atoms with E-state index in [1.54, 1.807) is 18.2 Å². The van der Waals surface area contributed by atoms with Gasteiger partial charge < -0.3 is 9.64 Å². The molecule has 1 amide bonds. The van der Waals surface area contributed by atoms with Crippen molar-refractivity contribution in [1.82, 2.24) is 10.2 Å². The lowest BCUT2D eigenvalue weighted by atomic mass is 10.2. The highest BCUT2D eigenvalue weighted by Crippen LogP contribution is 2.04. The second kappa shape index (κ2) is 7.12. The van der Waals surface area contributed by atoms with Gasteiger partial charge in [0.25, 0.3) is 0 Å². The summed E-state index contributed by atoms with van der Waals surface area (Å²) >= 11 is 5.15. The van der Waals surface area contributed by atoms with E-state index in [9.17, 15) is 9.18 Å². The maximum Gasteiger partial charge on any atom is 0.250 e. The molecule has 0 spiro atoms. The summed E-state index contributed by atoms with van der Waals surface area (Å²) in [7, 11) is 0. The number of benzene rings is 1. The van der Waals surface area contributed by atoms with Gasteiger partial charge in [0.1, 0.15) is 5.82 Å². The molecular formula is C14H15FN2O2S. The lowest BCUT2D eigenvalue weighted by Gasteiger charge is -2.28. The summed E-state index contributed by atoms with van der Waals surface area (Å²) in [6.45, 7) is 2.59. The van der Waals surface area contributed by atoms with Crippen molar-refractivity contribution in [3.8, 4) is 0 Å². The van der Waals surface area contributed by atoms with E-state index in [4.69, 9.17) is 17.0 Å². The molecule has 6 heteroatoms. The van der Waals surface area contributed by atoms with Crippen molar-refractivity contribution < 1.29 is 13.9 Å². The van der Waals surface area contributed by atoms with Crippen LogP contribution in [0.5, 0.6) is 0 Å². The number of ether oxygens (including phenoxy) is 1. The molecule has 2 rings (SSSR count). The molecular weight excluding hydrogens is 279 g/mol. The fourth-order valence-electron chi connectivity index (χ4n) is 1.74. The summed E-state index contributed by atoms with van der Waals surface area (Å²) in [5.74, 6) is -0.606. The molecule has 106 valence electrons. The van der Waals surface area contributed by atoms with E-state index in [0.717, 1.165) is 5.56 Å². The zero-order chi connectivity index (χ0) is 14.4. The Morgan fingerprint density at radius 1 is 1.30 bits per heavy atom. The third-order valence-electron chi connectivity index (χ3n) is 2.83. The van der Waals surface area contributed by atoms with Gasteiger partial charge >= 0.3 is 0 Å². The van der Waals surface area contributed by atoms with Gasteiger partial charge in [-0.25, -0.2) is 4.39 Å². The first-order valence-electron chi connectivity index (χ1n) is 6.26. The van der Waals surface area contributed by atoms with Crippen LogP contribution in [0.2, 0.25) is 0 Å². The zero-order valence-corrected chi connectivity index (χ0v) is 11.7. The molecule has 0 aliphatic carbocycles. The van der Waals surface area contributed by atoms with Crippen molar-refractivity contribution in [1.29, 1.82) is 0 Å². The van der Waals surface area contributed by atoms with E-state index in [2.05, 4.69) is 5.32 Å². The van der Waals surface area contributed by atoms with Crippen LogP contribution in [0.25, 0.3) is 6.08 Å². The van der Waals surface area contributed by atoms with E-state index < -0.39 is 0 Å². The van der Waals surface area contributed by atoms with Gasteiger partial charge in [-0.1, -0.05) is 12.1 Å². The van der Waals surface area contributed by atoms with Crippen LogP contribution in [0.1, 0.15) is 5.56 Å². The molecule has 1 fully saturated rings. The lowest BCUT2D eigenvalue weighted by Crippen LogP contribution is -2.47. The van der Waals surface area contributed by atoms with Gasteiger partial charge in [0.2, 0.25) is 5.91 Å². The fourth-order valence-corrected chi connectivity index (χ4v) is 2.02. The summed E-state index contributed by atoms with van der Waals surface area (Å²) in [6, 6.07) is 5.88. The maximum absolute atomic E-state index is 12.7. The molecule has 20 heavy (non-hydrogen) atoms. The van der Waals surface area contributed by atoms with Gasteiger partial charge in [-0.2, -0.15) is 0 Å². The van der Waals surface area contributed by atoms with Crippen LogP contribution >= 0.6 is 12.2 Å². The lowest BCUT2D eigenvalue weighted by molar-refractivity contribution is -0.115. The minimum Gasteiger partial charge on any atom is -0.378 e. The highest BCUT2D eigenvalue weighted by atomic mass is 32.1. The van der Waals surface area contributed by atoms with Gasteiger partial charge in [-0.15, -0.1) is 0 Å². The standard InChI is InChI=1S/C14H15FN2O2S/c15-12-4-1-11(2-5-12)3-6-13(18)16-14(20)17-7-9-19-10-8-17/h1-6H,7-10H2,(H,16,18,20)/b6-3+. The van der Waals surface area contributed by atoms with E-state index in [1.807, 2.05) is 4.90 Å². The fraction of sp³-hybridized carbons (Fsp3) is 0.286. The largest absolute Gasteiger partial charge is 0.378 e. The molecule has 1 N–H and O–H groups in total. The number of amides is 1. The van der Waals surface area contributed by atoms with Gasteiger partial charge in [-0.3, -0.25) is 10.1 Å². The smallest absolute Gasteiger partial charge is 0.250 e. The predicted octanol–water partition coefficient (Wildman–Crippen LogP) is 1.57. The van der Waals surface area contributed by atoms with E-state index in [0.29, 0.717) is 31.4 Å². The van der Waals surface area contributed by atoms with Gasteiger partial charge in [0, 0.05) is 19.2 Å². The van der Waals surface area contributed by atoms with Crippen LogP contribution < -0.4 is 5.32 Å². The molecule has 1 aromatic carbocycles. The first-order valence-corrected chi connectivity index (χ1v) is 6.67. The number of hydrogen-bond acceptors (Lipinski definition) is 3. The molecule has 1 aromatic rings. The third-order valence-corrected chi connectivity index (χ3v) is 3.19. The van der Waals surface area contributed by atoms with Gasteiger partial charge in [0.15, 0.2) is 5.11 Å². The van der Waals surface area contributed by atoms with Crippen LogP contribution in [0.3, 0.4) is 0 Å². The van der Waals surface area contributed by atoms with Crippen molar-refractivity contribution >= 4 is 29.3 Å². The van der Waals surface area contributed by atoms with Gasteiger partial charge in [-0.05, 0) is 36.0 Å². The quantitative estimate of drug-likeness (QED) is 0.664. The summed E-state index contributed by atoms with van der Waals surface area (Å²) in [5.41, 5.74) is 0.749. The molecule has 1 aliphatic heterocycles. The summed E-state index contributed by atoms with van der Waals surface area (Å²) in [5, 5.41) is 3.04. The minimum absolute atomic E-state index is 0.300. The first kappa shape index (κ1) is 14.6.